The second-order valence-corrected chi connectivity index (χ2v) is 7.91. The predicted octanol–water partition coefficient (Wildman–Crippen LogP) is 3.93. The molecule has 5 nitrogen and oxygen atoms in total. The number of rotatable bonds is 6. The van der Waals surface area contributed by atoms with Gasteiger partial charge in [0.2, 0.25) is 0 Å². The van der Waals surface area contributed by atoms with Crippen molar-refractivity contribution in [3.8, 4) is 5.75 Å². The fraction of sp³-hybridized carbons (Fsp3) is 0.474. The van der Waals surface area contributed by atoms with E-state index in [0.717, 1.165) is 59.8 Å². The highest BCUT2D eigenvalue weighted by molar-refractivity contribution is 7.25. The fourth-order valence-corrected chi connectivity index (χ4v) is 5.04. The van der Waals surface area contributed by atoms with Gasteiger partial charge in [0, 0.05) is 24.9 Å². The third-order valence-electron chi connectivity index (χ3n) is 5.08. The monoisotopic (exact) mass is 391 g/mol. The molecule has 0 amide bonds. The summed E-state index contributed by atoms with van der Waals surface area (Å²) in [4.78, 5) is 20.7. The molecule has 0 aliphatic carbocycles. The molecule has 0 atom stereocenters. The van der Waals surface area contributed by atoms with Crippen molar-refractivity contribution in [3.05, 3.63) is 33.3 Å². The van der Waals surface area contributed by atoms with Gasteiger partial charge >= 0.3 is 0 Å². The van der Waals surface area contributed by atoms with Crippen molar-refractivity contribution in [1.82, 2.24) is 14.5 Å². The van der Waals surface area contributed by atoms with Gasteiger partial charge in [-0.3, -0.25) is 9.36 Å². The van der Waals surface area contributed by atoms with Crippen LogP contribution in [-0.4, -0.2) is 40.7 Å². The molecule has 0 saturated heterocycles. The molecule has 0 fully saturated rings. The Hall–Kier alpha value is -1.63. The van der Waals surface area contributed by atoms with Crippen LogP contribution in [0.4, 0.5) is 0 Å². The Balaban J connectivity index is 1.78. The standard InChI is InChI=1S/C19H22ClN3O2S/c1-3-22(4-2)10-11-25-16-13(20)8-7-12-15-18(26-17(12)16)21-14-6-5-9-23(14)19(15)24/h7-8H,3-6,9-11H2,1-2H3. The zero-order valence-corrected chi connectivity index (χ0v) is 16.6. The van der Waals surface area contributed by atoms with E-state index in [0.29, 0.717) is 22.8 Å². The van der Waals surface area contributed by atoms with Gasteiger partial charge in [-0.15, -0.1) is 11.3 Å². The quantitative estimate of drug-likeness (QED) is 0.638. The average Bonchev–Trinajstić information content (AvgIpc) is 3.25. The van der Waals surface area contributed by atoms with Gasteiger partial charge in [0.15, 0.2) is 5.75 Å². The highest BCUT2D eigenvalue weighted by Crippen LogP contribution is 2.41. The van der Waals surface area contributed by atoms with Crippen LogP contribution in [0, 0.1) is 0 Å². The Bertz CT molecular complexity index is 1020. The largest absolute Gasteiger partial charge is 0.489 e. The first-order valence-electron chi connectivity index (χ1n) is 9.13. The van der Waals surface area contributed by atoms with Crippen molar-refractivity contribution in [1.29, 1.82) is 0 Å². The molecule has 0 radical (unpaired) electrons. The molecule has 0 unspecified atom stereocenters. The van der Waals surface area contributed by atoms with Crippen LogP contribution in [0.25, 0.3) is 20.3 Å². The predicted molar refractivity (Wildman–Crippen MR) is 108 cm³/mol. The van der Waals surface area contributed by atoms with E-state index < -0.39 is 0 Å². The van der Waals surface area contributed by atoms with Gasteiger partial charge in [0.05, 0.1) is 15.1 Å². The number of likely N-dealkylation sites (N-methyl/N-ethyl adjacent to an activating group) is 1. The first-order chi connectivity index (χ1) is 12.6. The number of halogens is 1. The Morgan fingerprint density at radius 1 is 1.35 bits per heavy atom. The van der Waals surface area contributed by atoms with Gasteiger partial charge in [-0.2, -0.15) is 0 Å². The lowest BCUT2D eigenvalue weighted by Crippen LogP contribution is -2.27. The van der Waals surface area contributed by atoms with Crippen LogP contribution < -0.4 is 10.3 Å². The van der Waals surface area contributed by atoms with E-state index in [-0.39, 0.29) is 5.56 Å². The topological polar surface area (TPSA) is 47.4 Å². The highest BCUT2D eigenvalue weighted by atomic mass is 35.5. The molecular formula is C19H22ClN3O2S. The van der Waals surface area contributed by atoms with Gasteiger partial charge < -0.3 is 9.64 Å². The smallest absolute Gasteiger partial charge is 0.262 e. The molecule has 4 rings (SSSR count). The number of nitrogens with zero attached hydrogens (tertiary/aromatic N) is 3. The van der Waals surface area contributed by atoms with E-state index in [1.807, 2.05) is 16.7 Å². The Morgan fingerprint density at radius 2 is 2.15 bits per heavy atom. The SMILES string of the molecule is CCN(CC)CCOc1c(Cl)ccc2c1sc1nc3n(c(=O)c12)CCC3. The molecule has 0 N–H and O–H groups in total. The lowest BCUT2D eigenvalue weighted by molar-refractivity contribution is 0.224. The van der Waals surface area contributed by atoms with Gasteiger partial charge in [-0.1, -0.05) is 31.5 Å². The molecule has 138 valence electrons. The van der Waals surface area contributed by atoms with E-state index in [1.54, 1.807) is 0 Å². The van der Waals surface area contributed by atoms with Gasteiger partial charge in [-0.05, 0) is 25.6 Å². The Morgan fingerprint density at radius 3 is 2.92 bits per heavy atom. The Kier molecular flexibility index (Phi) is 4.90. The van der Waals surface area contributed by atoms with Crippen molar-refractivity contribution < 1.29 is 4.74 Å². The Labute approximate surface area is 161 Å². The summed E-state index contributed by atoms with van der Waals surface area (Å²) in [6.07, 6.45) is 1.86. The normalized spacial score (nSPS) is 13.8. The maximum absolute atomic E-state index is 12.9. The average molecular weight is 392 g/mol. The fourth-order valence-electron chi connectivity index (χ4n) is 3.58. The van der Waals surface area contributed by atoms with Crippen LogP contribution in [0.2, 0.25) is 5.02 Å². The highest BCUT2D eigenvalue weighted by Gasteiger charge is 2.21. The molecule has 3 aromatic rings. The van der Waals surface area contributed by atoms with Gasteiger partial charge in [-0.25, -0.2) is 4.98 Å². The number of fused-ring (bicyclic) bond motifs is 4. The lowest BCUT2D eigenvalue weighted by atomic mass is 10.2. The molecule has 3 heterocycles. The molecule has 1 aliphatic heterocycles. The molecule has 1 aromatic carbocycles. The minimum Gasteiger partial charge on any atom is -0.489 e. The molecule has 7 heteroatoms. The summed E-state index contributed by atoms with van der Waals surface area (Å²) in [5, 5.41) is 2.17. The van der Waals surface area contributed by atoms with E-state index in [2.05, 4.69) is 18.7 Å². The zero-order valence-electron chi connectivity index (χ0n) is 15.0. The van der Waals surface area contributed by atoms with Crippen molar-refractivity contribution in [3.63, 3.8) is 0 Å². The van der Waals surface area contributed by atoms with E-state index >= 15 is 0 Å². The number of aromatic nitrogens is 2. The van der Waals surface area contributed by atoms with E-state index in [4.69, 9.17) is 21.3 Å². The molecular weight excluding hydrogens is 370 g/mol. The maximum Gasteiger partial charge on any atom is 0.262 e. The summed E-state index contributed by atoms with van der Waals surface area (Å²) in [6, 6.07) is 3.73. The number of ether oxygens (including phenoxy) is 1. The van der Waals surface area contributed by atoms with E-state index in [1.165, 1.54) is 11.3 Å². The van der Waals surface area contributed by atoms with Crippen LogP contribution in [-0.2, 0) is 13.0 Å². The number of hydrogen-bond acceptors (Lipinski definition) is 5. The lowest BCUT2D eigenvalue weighted by Gasteiger charge is -2.18. The van der Waals surface area contributed by atoms with Crippen LogP contribution >= 0.6 is 22.9 Å². The van der Waals surface area contributed by atoms with Crippen molar-refractivity contribution in [2.45, 2.75) is 33.2 Å². The molecule has 0 saturated carbocycles. The van der Waals surface area contributed by atoms with Gasteiger partial charge in [0.25, 0.3) is 5.56 Å². The zero-order chi connectivity index (χ0) is 18.3. The van der Waals surface area contributed by atoms with Crippen LogP contribution in [0.15, 0.2) is 16.9 Å². The first kappa shape index (κ1) is 17.8. The summed E-state index contributed by atoms with van der Waals surface area (Å²) in [6.45, 7) is 8.44. The minimum atomic E-state index is 0.0603. The van der Waals surface area contributed by atoms with Crippen LogP contribution in [0.3, 0.4) is 0 Å². The van der Waals surface area contributed by atoms with Crippen molar-refractivity contribution in [2.24, 2.45) is 0 Å². The molecule has 0 bridgehead atoms. The molecule has 0 spiro atoms. The summed E-state index contributed by atoms with van der Waals surface area (Å²) in [5.41, 5.74) is 0.0603. The first-order valence-corrected chi connectivity index (χ1v) is 10.3. The summed E-state index contributed by atoms with van der Waals surface area (Å²) < 4.78 is 8.78. The molecule has 1 aliphatic rings. The van der Waals surface area contributed by atoms with Crippen LogP contribution in [0.1, 0.15) is 26.1 Å². The van der Waals surface area contributed by atoms with Crippen molar-refractivity contribution >= 4 is 43.2 Å². The number of aryl methyl sites for hydroxylation is 1. The third-order valence-corrected chi connectivity index (χ3v) is 6.47. The molecule has 26 heavy (non-hydrogen) atoms. The van der Waals surface area contributed by atoms with Gasteiger partial charge in [0.1, 0.15) is 17.3 Å². The number of benzene rings is 1. The maximum atomic E-state index is 12.9. The summed E-state index contributed by atoms with van der Waals surface area (Å²) >= 11 is 7.92. The second-order valence-electron chi connectivity index (χ2n) is 6.50. The minimum absolute atomic E-state index is 0.0603. The second kappa shape index (κ2) is 7.18. The summed E-state index contributed by atoms with van der Waals surface area (Å²) in [7, 11) is 0. The van der Waals surface area contributed by atoms with E-state index in [9.17, 15) is 4.79 Å². The van der Waals surface area contributed by atoms with Crippen molar-refractivity contribution in [2.75, 3.05) is 26.2 Å². The van der Waals surface area contributed by atoms with Crippen LogP contribution in [0.5, 0.6) is 5.75 Å². The number of thiophene rings is 1. The third kappa shape index (κ3) is 2.90. The summed E-state index contributed by atoms with van der Waals surface area (Å²) in [5.74, 6) is 1.56. The molecule has 2 aromatic heterocycles. The number of hydrogen-bond donors (Lipinski definition) is 0.